The Labute approximate surface area is 139 Å². The average molecular weight is 355 g/mol. The average Bonchev–Trinajstić information content (AvgIpc) is 2.53. The Morgan fingerprint density at radius 3 is 2.54 bits per heavy atom. The molecule has 0 bridgehead atoms. The lowest BCUT2D eigenvalue weighted by Crippen LogP contribution is -2.58. The van der Waals surface area contributed by atoms with E-state index in [2.05, 4.69) is 0 Å². The van der Waals surface area contributed by atoms with Crippen LogP contribution in [0.4, 0.5) is 8.78 Å². The SMILES string of the molecule is COc1cccc([S+](=O)([O-])N2CC(Oc3ccc(F)c(F)c3)C2)c1. The standard InChI is InChI=1S/C16H15F2NO4S/c1-22-11-3-2-4-14(7-11)24(20,21)19-9-13(10-19)23-12-5-6-15(17)16(18)8-12/h2-8,13H,9-10H2,1H3. The summed E-state index contributed by atoms with van der Waals surface area (Å²) < 4.78 is 62.7. The second-order valence-electron chi connectivity index (χ2n) is 5.32. The maximum absolute atomic E-state index is 13.1. The summed E-state index contributed by atoms with van der Waals surface area (Å²) in [6.45, 7) is 0.275. The molecule has 3 rings (SSSR count). The molecule has 1 unspecified atom stereocenters. The second kappa shape index (κ2) is 6.46. The highest BCUT2D eigenvalue weighted by Gasteiger charge is 2.42. The minimum Gasteiger partial charge on any atom is -0.593 e. The van der Waals surface area contributed by atoms with Gasteiger partial charge in [-0.25, -0.2) is 8.78 Å². The Hall–Kier alpha value is -2.03. The van der Waals surface area contributed by atoms with Crippen molar-refractivity contribution in [2.45, 2.75) is 11.0 Å². The van der Waals surface area contributed by atoms with Gasteiger partial charge in [-0.2, -0.15) is 0 Å². The molecule has 0 saturated carbocycles. The van der Waals surface area contributed by atoms with Gasteiger partial charge in [-0.3, -0.25) is 0 Å². The third kappa shape index (κ3) is 3.26. The lowest BCUT2D eigenvalue weighted by atomic mass is 10.2. The van der Waals surface area contributed by atoms with Crippen molar-refractivity contribution in [2.24, 2.45) is 0 Å². The van der Waals surface area contributed by atoms with Crippen LogP contribution in [-0.4, -0.2) is 35.2 Å². The van der Waals surface area contributed by atoms with E-state index in [9.17, 15) is 17.5 Å². The van der Waals surface area contributed by atoms with E-state index >= 15 is 0 Å². The number of hydrogen-bond donors (Lipinski definition) is 0. The lowest BCUT2D eigenvalue weighted by Gasteiger charge is -2.39. The van der Waals surface area contributed by atoms with Gasteiger partial charge in [-0.15, -0.1) is 4.31 Å². The molecule has 5 nitrogen and oxygen atoms in total. The summed E-state index contributed by atoms with van der Waals surface area (Å²) >= 11 is 0. The van der Waals surface area contributed by atoms with Crippen molar-refractivity contribution < 1.29 is 27.0 Å². The van der Waals surface area contributed by atoms with Gasteiger partial charge in [0.15, 0.2) is 26.9 Å². The number of rotatable bonds is 5. The summed E-state index contributed by atoms with van der Waals surface area (Å²) in [6.07, 6.45) is -0.407. The van der Waals surface area contributed by atoms with Crippen molar-refractivity contribution in [1.29, 1.82) is 0 Å². The van der Waals surface area contributed by atoms with E-state index in [4.69, 9.17) is 9.47 Å². The zero-order valence-corrected chi connectivity index (χ0v) is 13.6. The molecule has 1 saturated heterocycles. The molecule has 1 aliphatic rings. The van der Waals surface area contributed by atoms with Crippen molar-refractivity contribution in [2.75, 3.05) is 20.2 Å². The molecule has 1 heterocycles. The van der Waals surface area contributed by atoms with Gasteiger partial charge in [0, 0.05) is 12.1 Å². The maximum Gasteiger partial charge on any atom is 0.179 e. The van der Waals surface area contributed by atoms with Crippen molar-refractivity contribution in [3.05, 3.63) is 54.1 Å². The summed E-state index contributed by atoms with van der Waals surface area (Å²) in [7, 11) is -2.18. The fourth-order valence-electron chi connectivity index (χ4n) is 2.32. The Balaban J connectivity index is 1.64. The summed E-state index contributed by atoms with van der Waals surface area (Å²) in [5, 5.41) is 0. The van der Waals surface area contributed by atoms with Crippen molar-refractivity contribution >= 4 is 10.4 Å². The van der Waals surface area contributed by atoms with Gasteiger partial charge in [0.2, 0.25) is 0 Å². The summed E-state index contributed by atoms with van der Waals surface area (Å²) in [5.74, 6) is -1.35. The predicted octanol–water partition coefficient (Wildman–Crippen LogP) is 2.64. The highest BCUT2D eigenvalue weighted by Crippen LogP contribution is 2.30. The second-order valence-corrected chi connectivity index (χ2v) is 7.25. The van der Waals surface area contributed by atoms with Crippen LogP contribution in [0.25, 0.3) is 0 Å². The minimum absolute atomic E-state index is 0.133. The zero-order valence-electron chi connectivity index (χ0n) is 12.8. The highest BCUT2D eigenvalue weighted by atomic mass is 32.3. The van der Waals surface area contributed by atoms with Gasteiger partial charge in [0.1, 0.15) is 17.6 Å². The first-order chi connectivity index (χ1) is 11.4. The van der Waals surface area contributed by atoms with Crippen LogP contribution in [0.5, 0.6) is 11.5 Å². The fourth-order valence-corrected chi connectivity index (χ4v) is 3.86. The molecule has 0 aliphatic carbocycles. The van der Waals surface area contributed by atoms with E-state index in [1.807, 2.05) is 0 Å². The van der Waals surface area contributed by atoms with Crippen LogP contribution in [0.1, 0.15) is 0 Å². The monoisotopic (exact) mass is 355 g/mol. The number of methoxy groups -OCH3 is 1. The van der Waals surface area contributed by atoms with Crippen LogP contribution in [0.2, 0.25) is 0 Å². The molecule has 2 aromatic rings. The molecule has 0 radical (unpaired) electrons. The number of sulfonamides is 1. The third-order valence-electron chi connectivity index (χ3n) is 3.69. The van der Waals surface area contributed by atoms with Gasteiger partial charge < -0.3 is 14.0 Å². The molecule has 0 spiro atoms. The first-order valence-corrected chi connectivity index (χ1v) is 8.60. The zero-order chi connectivity index (χ0) is 17.3. The number of nitrogens with zero attached hydrogens (tertiary/aromatic N) is 1. The number of halogens is 2. The molecule has 1 atom stereocenters. The van der Waals surface area contributed by atoms with E-state index in [1.165, 1.54) is 29.6 Å². The maximum atomic E-state index is 13.1. The molecular formula is C16H15F2NO4S. The number of hydrogen-bond acceptors (Lipinski definition) is 4. The van der Waals surface area contributed by atoms with Crippen molar-refractivity contribution in [3.8, 4) is 11.5 Å². The highest BCUT2D eigenvalue weighted by molar-refractivity contribution is 7.95. The summed E-state index contributed by atoms with van der Waals surface area (Å²) in [6, 6.07) is 9.39. The van der Waals surface area contributed by atoms with Gasteiger partial charge in [-0.05, 0) is 24.3 Å². The number of benzene rings is 2. The van der Waals surface area contributed by atoms with E-state index in [1.54, 1.807) is 12.1 Å². The van der Waals surface area contributed by atoms with Crippen LogP contribution in [0.15, 0.2) is 47.4 Å². The van der Waals surface area contributed by atoms with Crippen LogP contribution in [-0.2, 0) is 14.6 Å². The molecule has 0 aromatic heterocycles. The molecule has 128 valence electrons. The van der Waals surface area contributed by atoms with Crippen LogP contribution in [0, 0.1) is 11.6 Å². The van der Waals surface area contributed by atoms with E-state index in [0.717, 1.165) is 12.1 Å². The lowest BCUT2D eigenvalue weighted by molar-refractivity contribution is 0.0700. The molecule has 1 fully saturated rings. The molecule has 2 aromatic carbocycles. The van der Waals surface area contributed by atoms with Gasteiger partial charge in [0.25, 0.3) is 0 Å². The smallest absolute Gasteiger partial charge is 0.179 e. The van der Waals surface area contributed by atoms with E-state index in [-0.39, 0.29) is 23.7 Å². The molecule has 1 aliphatic heterocycles. The number of ether oxygens (including phenoxy) is 2. The summed E-state index contributed by atoms with van der Waals surface area (Å²) in [4.78, 5) is 0.133. The Morgan fingerprint density at radius 1 is 1.12 bits per heavy atom. The largest absolute Gasteiger partial charge is 0.593 e. The van der Waals surface area contributed by atoms with Gasteiger partial charge >= 0.3 is 0 Å². The minimum atomic E-state index is -3.64. The van der Waals surface area contributed by atoms with Gasteiger partial charge in [-0.1, -0.05) is 10.3 Å². The van der Waals surface area contributed by atoms with E-state index < -0.39 is 28.1 Å². The van der Waals surface area contributed by atoms with Crippen LogP contribution < -0.4 is 9.47 Å². The molecule has 24 heavy (non-hydrogen) atoms. The van der Waals surface area contributed by atoms with Crippen molar-refractivity contribution in [1.82, 2.24) is 4.31 Å². The van der Waals surface area contributed by atoms with Gasteiger partial charge in [0.05, 0.1) is 20.2 Å². The first-order valence-electron chi connectivity index (χ1n) is 7.16. The molecule has 0 N–H and O–H groups in total. The summed E-state index contributed by atoms with van der Waals surface area (Å²) in [5.41, 5.74) is 0. The fraction of sp³-hybridized carbons (Fsp3) is 0.250. The Bertz CT molecular complexity index is 795. The van der Waals surface area contributed by atoms with E-state index in [0.29, 0.717) is 5.75 Å². The Morgan fingerprint density at radius 2 is 1.88 bits per heavy atom. The van der Waals surface area contributed by atoms with Crippen molar-refractivity contribution in [3.63, 3.8) is 0 Å². The van der Waals surface area contributed by atoms with Crippen LogP contribution >= 0.6 is 0 Å². The molecule has 0 amide bonds. The topological polar surface area (TPSA) is 61.8 Å². The predicted molar refractivity (Wildman–Crippen MR) is 82.4 cm³/mol. The third-order valence-corrected chi connectivity index (χ3v) is 5.51. The molecular weight excluding hydrogens is 340 g/mol. The molecule has 8 heteroatoms. The Kier molecular flexibility index (Phi) is 4.53. The first kappa shape index (κ1) is 16.8. The van der Waals surface area contributed by atoms with Crippen LogP contribution in [0.3, 0.4) is 0 Å². The quantitative estimate of drug-likeness (QED) is 0.774. The normalized spacial score (nSPS) is 17.8.